The molecule has 1 heterocycles. The minimum atomic E-state index is 0.525. The van der Waals surface area contributed by atoms with E-state index < -0.39 is 0 Å². The Morgan fingerprint density at radius 2 is 1.93 bits per heavy atom. The zero-order chi connectivity index (χ0) is 9.60. The topological polar surface area (TPSA) is 38.0 Å². The fourth-order valence-corrected chi connectivity index (χ4v) is 4.37. The lowest BCUT2D eigenvalue weighted by atomic mass is 9.73. The van der Waals surface area contributed by atoms with Crippen molar-refractivity contribution >= 4 is 0 Å². The number of nitrogens with two attached hydrogens (primary N) is 1. The lowest BCUT2D eigenvalue weighted by Crippen LogP contribution is -2.47. The van der Waals surface area contributed by atoms with Crippen LogP contribution in [0.25, 0.3) is 0 Å². The van der Waals surface area contributed by atoms with Gasteiger partial charge in [0.2, 0.25) is 0 Å². The molecule has 1 aliphatic heterocycles. The largest absolute Gasteiger partial charge is 0.327 e. The third-order valence-electron chi connectivity index (χ3n) is 5.15. The van der Waals surface area contributed by atoms with Crippen LogP contribution in [0.3, 0.4) is 0 Å². The van der Waals surface area contributed by atoms with Crippen molar-refractivity contribution in [3.63, 3.8) is 0 Å². The van der Waals surface area contributed by atoms with E-state index in [1.165, 1.54) is 51.6 Å². The normalized spacial score (nSPS) is 45.6. The monoisotopic (exact) mass is 194 g/mol. The zero-order valence-electron chi connectivity index (χ0n) is 8.97. The highest BCUT2D eigenvalue weighted by molar-refractivity contribution is 5.06. The van der Waals surface area contributed by atoms with Gasteiger partial charge in [-0.15, -0.1) is 0 Å². The van der Waals surface area contributed by atoms with Crippen LogP contribution in [0.1, 0.15) is 38.5 Å². The van der Waals surface area contributed by atoms with E-state index in [0.717, 1.165) is 11.8 Å². The maximum atomic E-state index is 6.50. The minimum Gasteiger partial charge on any atom is -0.327 e. The minimum absolute atomic E-state index is 0.525. The first-order valence-electron chi connectivity index (χ1n) is 6.28. The van der Waals surface area contributed by atoms with Crippen LogP contribution in [-0.4, -0.2) is 19.1 Å². The first-order chi connectivity index (χ1) is 6.82. The Bertz CT molecular complexity index is 220. The molecule has 2 aliphatic carbocycles. The quantitative estimate of drug-likeness (QED) is 0.613. The van der Waals surface area contributed by atoms with E-state index in [1.807, 2.05) is 0 Å². The Morgan fingerprint density at radius 1 is 1.14 bits per heavy atom. The summed E-state index contributed by atoms with van der Waals surface area (Å²) in [6, 6.07) is 0.525. The Balaban J connectivity index is 1.81. The average Bonchev–Trinajstić information content (AvgIpc) is 2.73. The van der Waals surface area contributed by atoms with Crippen LogP contribution >= 0.6 is 0 Å². The lowest BCUT2D eigenvalue weighted by molar-refractivity contribution is 0.165. The van der Waals surface area contributed by atoms with Crippen molar-refractivity contribution in [2.24, 2.45) is 23.0 Å². The second-order valence-electron chi connectivity index (χ2n) is 5.70. The van der Waals surface area contributed by atoms with E-state index in [9.17, 15) is 0 Å². The molecule has 0 aromatic rings. The van der Waals surface area contributed by atoms with Crippen LogP contribution in [0, 0.1) is 17.3 Å². The summed E-state index contributed by atoms with van der Waals surface area (Å²) in [6.45, 7) is 2.40. The molecule has 0 radical (unpaired) electrons. The predicted octanol–water partition coefficient (Wildman–Crippen LogP) is 1.50. The lowest BCUT2D eigenvalue weighted by Gasteiger charge is -2.39. The van der Waals surface area contributed by atoms with E-state index in [2.05, 4.69) is 5.32 Å². The van der Waals surface area contributed by atoms with E-state index in [-0.39, 0.29) is 0 Å². The summed E-state index contributed by atoms with van der Waals surface area (Å²) in [5.74, 6) is 1.87. The number of nitrogens with one attached hydrogen (secondary N) is 1. The van der Waals surface area contributed by atoms with Crippen molar-refractivity contribution in [1.29, 1.82) is 0 Å². The van der Waals surface area contributed by atoms with E-state index in [0.29, 0.717) is 11.5 Å². The van der Waals surface area contributed by atoms with Gasteiger partial charge in [0, 0.05) is 6.04 Å². The van der Waals surface area contributed by atoms with Gasteiger partial charge in [0.1, 0.15) is 0 Å². The fraction of sp³-hybridized carbons (Fsp3) is 1.00. The molecule has 3 rings (SSSR count). The Labute approximate surface area is 86.6 Å². The van der Waals surface area contributed by atoms with Crippen molar-refractivity contribution < 1.29 is 0 Å². The molecular formula is C12H22N2. The van der Waals surface area contributed by atoms with Gasteiger partial charge < -0.3 is 11.1 Å². The third-order valence-corrected chi connectivity index (χ3v) is 5.15. The molecule has 2 nitrogen and oxygen atoms in total. The van der Waals surface area contributed by atoms with Gasteiger partial charge in [0.25, 0.3) is 0 Å². The van der Waals surface area contributed by atoms with Gasteiger partial charge >= 0.3 is 0 Å². The summed E-state index contributed by atoms with van der Waals surface area (Å²) in [4.78, 5) is 0. The van der Waals surface area contributed by atoms with Gasteiger partial charge in [0.15, 0.2) is 0 Å². The van der Waals surface area contributed by atoms with E-state index >= 15 is 0 Å². The van der Waals surface area contributed by atoms with Crippen molar-refractivity contribution in [3.8, 4) is 0 Å². The van der Waals surface area contributed by atoms with E-state index in [1.54, 1.807) is 0 Å². The van der Waals surface area contributed by atoms with Gasteiger partial charge in [0.05, 0.1) is 0 Å². The molecule has 3 N–H and O–H groups in total. The predicted molar refractivity (Wildman–Crippen MR) is 58.0 cm³/mol. The van der Waals surface area contributed by atoms with Gasteiger partial charge in [-0.2, -0.15) is 0 Å². The third kappa shape index (κ3) is 1.17. The second kappa shape index (κ2) is 3.21. The molecule has 2 saturated carbocycles. The van der Waals surface area contributed by atoms with Crippen molar-refractivity contribution in [2.75, 3.05) is 13.1 Å². The van der Waals surface area contributed by atoms with Gasteiger partial charge in [-0.05, 0) is 56.0 Å². The second-order valence-corrected chi connectivity index (χ2v) is 5.70. The Morgan fingerprint density at radius 3 is 2.64 bits per heavy atom. The van der Waals surface area contributed by atoms with Crippen LogP contribution in [0.5, 0.6) is 0 Å². The summed E-state index contributed by atoms with van der Waals surface area (Å²) in [7, 11) is 0. The van der Waals surface area contributed by atoms with Gasteiger partial charge in [-0.1, -0.05) is 12.8 Å². The summed E-state index contributed by atoms with van der Waals surface area (Å²) in [6.07, 6.45) is 8.44. The number of fused-ring (bicyclic) bond motifs is 1. The molecule has 0 bridgehead atoms. The molecule has 1 spiro atoms. The Hall–Kier alpha value is -0.0800. The molecule has 0 aromatic heterocycles. The molecule has 2 heteroatoms. The summed E-state index contributed by atoms with van der Waals surface area (Å²) < 4.78 is 0. The SMILES string of the molecule is NC1C2CCCC2CC12CCNCC2. The molecule has 3 aliphatic rings. The van der Waals surface area contributed by atoms with Crippen LogP contribution in [0.4, 0.5) is 0 Å². The highest BCUT2D eigenvalue weighted by Crippen LogP contribution is 2.55. The summed E-state index contributed by atoms with van der Waals surface area (Å²) in [5.41, 5.74) is 7.04. The van der Waals surface area contributed by atoms with Gasteiger partial charge in [-0.25, -0.2) is 0 Å². The molecule has 0 aromatic carbocycles. The number of hydrogen-bond donors (Lipinski definition) is 2. The highest BCUT2D eigenvalue weighted by Gasteiger charge is 2.52. The highest BCUT2D eigenvalue weighted by atomic mass is 14.9. The molecule has 1 saturated heterocycles. The molecular weight excluding hydrogens is 172 g/mol. The molecule has 0 amide bonds. The van der Waals surface area contributed by atoms with Gasteiger partial charge in [-0.3, -0.25) is 0 Å². The molecule has 80 valence electrons. The first-order valence-corrected chi connectivity index (χ1v) is 6.28. The average molecular weight is 194 g/mol. The number of rotatable bonds is 0. The number of hydrogen-bond acceptors (Lipinski definition) is 2. The summed E-state index contributed by atoms with van der Waals surface area (Å²) in [5, 5.41) is 3.47. The summed E-state index contributed by atoms with van der Waals surface area (Å²) >= 11 is 0. The first kappa shape index (κ1) is 9.17. The zero-order valence-corrected chi connectivity index (χ0v) is 8.97. The standard InChI is InChI=1S/C12H22N2/c13-11-10-3-1-2-9(10)8-12(11)4-6-14-7-5-12/h9-11,14H,1-8,13H2. The van der Waals surface area contributed by atoms with Crippen LogP contribution in [-0.2, 0) is 0 Å². The molecule has 3 unspecified atom stereocenters. The molecule has 3 fully saturated rings. The molecule has 14 heavy (non-hydrogen) atoms. The molecule has 3 atom stereocenters. The Kier molecular flexibility index (Phi) is 2.10. The van der Waals surface area contributed by atoms with Crippen LogP contribution in [0.15, 0.2) is 0 Å². The van der Waals surface area contributed by atoms with Crippen molar-refractivity contribution in [3.05, 3.63) is 0 Å². The number of piperidine rings is 1. The maximum absolute atomic E-state index is 6.50. The maximum Gasteiger partial charge on any atom is 0.0128 e. The smallest absolute Gasteiger partial charge is 0.0128 e. The van der Waals surface area contributed by atoms with Crippen LogP contribution < -0.4 is 11.1 Å². The fourth-order valence-electron chi connectivity index (χ4n) is 4.37. The van der Waals surface area contributed by atoms with Crippen molar-refractivity contribution in [1.82, 2.24) is 5.32 Å². The van der Waals surface area contributed by atoms with Crippen LogP contribution in [0.2, 0.25) is 0 Å². The van der Waals surface area contributed by atoms with Crippen molar-refractivity contribution in [2.45, 2.75) is 44.6 Å². The van der Waals surface area contributed by atoms with E-state index in [4.69, 9.17) is 5.73 Å².